The molecule has 0 aromatic carbocycles. The molecule has 0 radical (unpaired) electrons. The smallest absolute Gasteiger partial charge is 0.302 e. The maximum Gasteiger partial charge on any atom is 0.302 e. The van der Waals surface area contributed by atoms with Gasteiger partial charge in [-0.1, -0.05) is 32.4 Å². The van der Waals surface area contributed by atoms with Gasteiger partial charge in [0.25, 0.3) is 0 Å². The molecule has 4 aliphatic carbocycles. The summed E-state index contributed by atoms with van der Waals surface area (Å²) in [5.74, 6) is -0.221. The Labute approximate surface area is 143 Å². The normalized spacial score (nSPS) is 45.4. The van der Waals surface area contributed by atoms with E-state index in [1.165, 1.54) is 13.8 Å². The largest absolute Gasteiger partial charge is 0.462 e. The molecular weight excluding hydrogens is 308 g/mol. The third-order valence-corrected chi connectivity index (χ3v) is 6.85. The highest BCUT2D eigenvalue weighted by molar-refractivity contribution is 5.67. The number of fused-ring (bicyclic) bond motifs is 3. The van der Waals surface area contributed by atoms with Crippen LogP contribution in [0.1, 0.15) is 48.0 Å². The van der Waals surface area contributed by atoms with Crippen molar-refractivity contribution < 1.29 is 24.2 Å². The van der Waals surface area contributed by atoms with Crippen LogP contribution in [-0.4, -0.2) is 35.4 Å². The number of carbonyl (C=O) groups is 2. The molecular formula is C19H28O5. The Bertz CT molecular complexity index is 607. The summed E-state index contributed by atoms with van der Waals surface area (Å²) in [5, 5.41) is 10.7. The number of rotatable bonds is 2. The maximum atomic E-state index is 11.7. The second-order valence-corrected chi connectivity index (χ2v) is 8.55. The minimum atomic E-state index is -0.557. The third kappa shape index (κ3) is 2.17. The molecule has 0 saturated heterocycles. The number of hydrogen-bond donors (Lipinski definition) is 1. The standard InChI is InChI=1S/C19H28O5/c1-9-7-12(22)16-17-15(9)19(16,6)14(24-11(3)21)8-13(18(17,4)5)23-10(2)20/h7,12-17,22H,8H2,1-6H3/t12-,13+,14+,15-,16+,17-,19+/m0/s1. The van der Waals surface area contributed by atoms with Gasteiger partial charge in [-0.25, -0.2) is 0 Å². The Morgan fingerprint density at radius 3 is 2.12 bits per heavy atom. The van der Waals surface area contributed by atoms with Crippen molar-refractivity contribution in [3.63, 3.8) is 0 Å². The number of hydrogen-bond acceptors (Lipinski definition) is 5. The van der Waals surface area contributed by atoms with Gasteiger partial charge in [-0.3, -0.25) is 9.59 Å². The van der Waals surface area contributed by atoms with Gasteiger partial charge in [0.15, 0.2) is 0 Å². The van der Waals surface area contributed by atoms with Gasteiger partial charge in [0, 0.05) is 37.0 Å². The minimum Gasteiger partial charge on any atom is -0.462 e. The Morgan fingerprint density at radius 2 is 1.62 bits per heavy atom. The van der Waals surface area contributed by atoms with E-state index in [0.29, 0.717) is 6.42 Å². The van der Waals surface area contributed by atoms with Crippen molar-refractivity contribution in [2.75, 3.05) is 0 Å². The van der Waals surface area contributed by atoms with E-state index in [0.717, 1.165) is 5.57 Å². The first-order chi connectivity index (χ1) is 11.0. The van der Waals surface area contributed by atoms with Crippen LogP contribution in [0.15, 0.2) is 11.6 Å². The van der Waals surface area contributed by atoms with Crippen molar-refractivity contribution >= 4 is 11.9 Å². The first kappa shape index (κ1) is 17.5. The van der Waals surface area contributed by atoms with E-state index >= 15 is 0 Å². The molecule has 134 valence electrons. The van der Waals surface area contributed by atoms with Gasteiger partial charge in [0.1, 0.15) is 12.2 Å². The van der Waals surface area contributed by atoms with Gasteiger partial charge in [0.2, 0.25) is 0 Å². The molecule has 24 heavy (non-hydrogen) atoms. The molecule has 0 unspecified atom stereocenters. The van der Waals surface area contributed by atoms with E-state index in [2.05, 4.69) is 20.8 Å². The van der Waals surface area contributed by atoms with Crippen molar-refractivity contribution in [3.8, 4) is 0 Å². The minimum absolute atomic E-state index is 0.00566. The lowest BCUT2D eigenvalue weighted by atomic mass is 9.37. The summed E-state index contributed by atoms with van der Waals surface area (Å²) in [6.07, 6.45) is 1.15. The predicted molar refractivity (Wildman–Crippen MR) is 87.8 cm³/mol. The second-order valence-electron chi connectivity index (χ2n) is 8.55. The number of aliphatic hydroxyl groups is 1. The van der Waals surface area contributed by atoms with E-state index in [-0.39, 0.29) is 52.7 Å². The van der Waals surface area contributed by atoms with Crippen LogP contribution in [0.25, 0.3) is 0 Å². The molecule has 1 N–H and O–H groups in total. The molecule has 0 spiro atoms. The van der Waals surface area contributed by atoms with Crippen molar-refractivity contribution in [2.24, 2.45) is 28.6 Å². The summed E-state index contributed by atoms with van der Waals surface area (Å²) in [6, 6.07) is 0. The average molecular weight is 336 g/mol. The molecule has 0 amide bonds. The summed E-state index contributed by atoms with van der Waals surface area (Å²) in [6.45, 7) is 11.2. The van der Waals surface area contributed by atoms with Crippen LogP contribution >= 0.6 is 0 Å². The summed E-state index contributed by atoms with van der Waals surface area (Å²) < 4.78 is 11.3. The van der Waals surface area contributed by atoms with Crippen molar-refractivity contribution in [1.29, 1.82) is 0 Å². The molecule has 4 aliphatic rings. The zero-order chi connectivity index (χ0) is 18.0. The van der Waals surface area contributed by atoms with Gasteiger partial charge >= 0.3 is 11.9 Å². The number of aliphatic hydroxyl groups excluding tert-OH is 1. The Balaban J connectivity index is 2.09. The van der Waals surface area contributed by atoms with Crippen LogP contribution in [0.2, 0.25) is 0 Å². The van der Waals surface area contributed by atoms with Crippen LogP contribution in [-0.2, 0) is 19.1 Å². The van der Waals surface area contributed by atoms with Gasteiger partial charge < -0.3 is 14.6 Å². The van der Waals surface area contributed by atoms with Crippen LogP contribution in [0.4, 0.5) is 0 Å². The van der Waals surface area contributed by atoms with Crippen LogP contribution < -0.4 is 0 Å². The molecule has 0 aliphatic heterocycles. The van der Waals surface area contributed by atoms with Crippen LogP contribution in [0.5, 0.6) is 0 Å². The van der Waals surface area contributed by atoms with E-state index < -0.39 is 6.10 Å². The van der Waals surface area contributed by atoms with Gasteiger partial charge in [0.05, 0.1) is 6.10 Å². The average Bonchev–Trinajstić information content (AvgIpc) is 2.50. The maximum absolute atomic E-state index is 11.7. The zero-order valence-electron chi connectivity index (χ0n) is 15.3. The predicted octanol–water partition coefficient (Wildman–Crippen LogP) is 2.47. The summed E-state index contributed by atoms with van der Waals surface area (Å²) >= 11 is 0. The van der Waals surface area contributed by atoms with Crippen molar-refractivity contribution in [2.45, 2.75) is 66.3 Å². The fraction of sp³-hybridized carbons (Fsp3) is 0.789. The first-order valence-electron chi connectivity index (χ1n) is 8.72. The molecule has 4 bridgehead atoms. The van der Waals surface area contributed by atoms with Gasteiger partial charge in [-0.05, 0) is 18.8 Å². The van der Waals surface area contributed by atoms with Gasteiger partial charge in [-0.15, -0.1) is 0 Å². The Kier molecular flexibility index (Phi) is 3.87. The van der Waals surface area contributed by atoms with Gasteiger partial charge in [-0.2, -0.15) is 0 Å². The zero-order valence-corrected chi connectivity index (χ0v) is 15.3. The van der Waals surface area contributed by atoms with E-state index in [1.54, 1.807) is 0 Å². The Hall–Kier alpha value is -1.36. The van der Waals surface area contributed by atoms with Crippen LogP contribution in [0, 0.1) is 28.6 Å². The number of carbonyl (C=O) groups excluding carboxylic acids is 2. The fourth-order valence-electron chi connectivity index (χ4n) is 5.95. The third-order valence-electron chi connectivity index (χ3n) is 6.85. The quantitative estimate of drug-likeness (QED) is 0.619. The van der Waals surface area contributed by atoms with Crippen molar-refractivity contribution in [3.05, 3.63) is 11.6 Å². The molecule has 5 nitrogen and oxygen atoms in total. The lowest BCUT2D eigenvalue weighted by Crippen LogP contribution is -2.68. The van der Waals surface area contributed by atoms with Crippen molar-refractivity contribution in [1.82, 2.24) is 0 Å². The lowest BCUT2D eigenvalue weighted by Gasteiger charge is -2.68. The number of esters is 2. The first-order valence-corrected chi connectivity index (χ1v) is 8.72. The molecule has 0 aromatic rings. The molecule has 3 saturated carbocycles. The topological polar surface area (TPSA) is 72.8 Å². The molecule has 0 aromatic heterocycles. The lowest BCUT2D eigenvalue weighted by molar-refractivity contribution is -0.227. The fourth-order valence-corrected chi connectivity index (χ4v) is 5.95. The molecule has 4 rings (SSSR count). The highest BCUT2D eigenvalue weighted by Gasteiger charge is 2.74. The summed E-state index contributed by atoms with van der Waals surface area (Å²) in [5.41, 5.74) is 0.526. The highest BCUT2D eigenvalue weighted by Crippen LogP contribution is 2.72. The monoisotopic (exact) mass is 336 g/mol. The summed E-state index contributed by atoms with van der Waals surface area (Å²) in [7, 11) is 0. The SMILES string of the molecule is CC(=O)O[C@@H]1C[C@@H](OC(C)=O)[C@@]2(C)[C@H]3[C@H]([C@@H]2C(C)=C[C@@H]3O)C1(C)C. The molecule has 3 fully saturated rings. The van der Waals surface area contributed by atoms with Crippen LogP contribution in [0.3, 0.4) is 0 Å². The second kappa shape index (κ2) is 5.32. The number of allylic oxidation sites excluding steroid dienone is 1. The van der Waals surface area contributed by atoms with E-state index in [1.807, 2.05) is 13.0 Å². The summed E-state index contributed by atoms with van der Waals surface area (Å²) in [4.78, 5) is 23.3. The Morgan fingerprint density at radius 1 is 1.08 bits per heavy atom. The molecule has 5 heteroatoms. The van der Waals surface area contributed by atoms with E-state index in [9.17, 15) is 14.7 Å². The highest BCUT2D eigenvalue weighted by atomic mass is 16.6. The molecule has 7 atom stereocenters. The molecule has 0 heterocycles. The number of ether oxygens (including phenoxy) is 2. The van der Waals surface area contributed by atoms with E-state index in [4.69, 9.17) is 9.47 Å².